The van der Waals surface area contributed by atoms with Crippen molar-refractivity contribution >= 4 is 75.4 Å². The van der Waals surface area contributed by atoms with E-state index in [1.165, 1.54) is 0 Å². The number of benzene rings is 11. The van der Waals surface area contributed by atoms with Crippen molar-refractivity contribution in [2.24, 2.45) is 0 Å². The van der Waals surface area contributed by atoms with Gasteiger partial charge in [-0.05, 0) is 115 Å². The van der Waals surface area contributed by atoms with Crippen molar-refractivity contribution in [1.82, 2.24) is 0 Å². The lowest BCUT2D eigenvalue weighted by Gasteiger charge is -2.22. The van der Waals surface area contributed by atoms with Gasteiger partial charge in [0.1, 0.15) is 18.3 Å². The van der Waals surface area contributed by atoms with Crippen LogP contribution in [0.25, 0.3) is 75.4 Å². The average Bonchev–Trinajstić information content (AvgIpc) is 3.23. The highest BCUT2D eigenvalue weighted by atomic mass is 16.3. The first-order chi connectivity index (χ1) is 26.5. The van der Waals surface area contributed by atoms with Gasteiger partial charge in [-0.3, -0.25) is 0 Å². The van der Waals surface area contributed by atoms with E-state index in [0.717, 1.165) is 109 Å². The van der Waals surface area contributed by atoms with E-state index in [2.05, 4.69) is 109 Å². The Kier molecular flexibility index (Phi) is 6.83. The van der Waals surface area contributed by atoms with Gasteiger partial charge in [0.15, 0.2) is 0 Å². The summed E-state index contributed by atoms with van der Waals surface area (Å²) >= 11 is 0. The van der Waals surface area contributed by atoms with E-state index in [0.29, 0.717) is 0 Å². The van der Waals surface area contributed by atoms with Crippen LogP contribution in [0.15, 0.2) is 170 Å². The number of hydrogen-bond donors (Lipinski definition) is 3. The third-order valence-electron chi connectivity index (χ3n) is 11.8. The maximum atomic E-state index is 12.4. The Hall–Kier alpha value is -6.36. The molecule has 0 spiro atoms. The zero-order chi connectivity index (χ0) is 36.1. The summed E-state index contributed by atoms with van der Waals surface area (Å²) < 4.78 is 0. The number of rotatable bonds is 6. The van der Waals surface area contributed by atoms with E-state index in [-0.39, 0.29) is 0 Å². The zero-order valence-electron chi connectivity index (χ0n) is 29.2. The maximum absolute atomic E-state index is 12.4. The summed E-state index contributed by atoms with van der Waals surface area (Å²) in [7, 11) is 0. The number of hydrogen-bond acceptors (Lipinski definition) is 3. The first-order valence-corrected chi connectivity index (χ1v) is 18.5. The number of aliphatic hydroxyl groups is 3. The second-order valence-electron chi connectivity index (χ2n) is 14.7. The molecule has 3 N–H and O–H groups in total. The van der Waals surface area contributed by atoms with Crippen LogP contribution < -0.4 is 0 Å². The molecule has 3 atom stereocenters. The Labute approximate surface area is 311 Å². The molecule has 0 aliphatic rings. The summed E-state index contributed by atoms with van der Waals surface area (Å²) in [6.07, 6.45) is -2.45. The van der Waals surface area contributed by atoms with Gasteiger partial charge in [-0.2, -0.15) is 0 Å². The molecule has 256 valence electrons. The van der Waals surface area contributed by atoms with E-state index in [4.69, 9.17) is 0 Å². The third-order valence-corrected chi connectivity index (χ3v) is 11.8. The molecule has 0 radical (unpaired) electrons. The van der Waals surface area contributed by atoms with Gasteiger partial charge in [0.25, 0.3) is 0 Å². The first-order valence-electron chi connectivity index (χ1n) is 18.5. The molecule has 0 aliphatic carbocycles. The van der Waals surface area contributed by atoms with Crippen LogP contribution in [0.1, 0.15) is 51.7 Å². The van der Waals surface area contributed by atoms with Gasteiger partial charge in [-0.25, -0.2) is 0 Å². The van der Waals surface area contributed by atoms with Crippen molar-refractivity contribution in [1.29, 1.82) is 0 Å². The molecule has 0 amide bonds. The van der Waals surface area contributed by atoms with Crippen LogP contribution in [-0.4, -0.2) is 15.3 Å². The normalized spacial score (nSPS) is 14.0. The van der Waals surface area contributed by atoms with Crippen LogP contribution in [-0.2, 0) is 0 Å². The fraction of sp³-hybridized carbons (Fsp3) is 0.0588. The zero-order valence-corrected chi connectivity index (χ0v) is 29.2. The van der Waals surface area contributed by atoms with E-state index >= 15 is 0 Å². The average molecular weight is 695 g/mol. The monoisotopic (exact) mass is 694 g/mol. The molecule has 0 fully saturated rings. The summed E-state index contributed by atoms with van der Waals surface area (Å²) in [4.78, 5) is 0. The Morgan fingerprint density at radius 1 is 0.259 bits per heavy atom. The Balaban J connectivity index is 1.07. The van der Waals surface area contributed by atoms with Crippen molar-refractivity contribution < 1.29 is 15.3 Å². The van der Waals surface area contributed by atoms with Gasteiger partial charge in [-0.1, -0.05) is 164 Å². The highest BCUT2D eigenvalue weighted by Crippen LogP contribution is 2.45. The Morgan fingerprint density at radius 2 is 0.611 bits per heavy atom. The van der Waals surface area contributed by atoms with E-state index in [9.17, 15) is 15.3 Å². The van der Waals surface area contributed by atoms with Gasteiger partial charge in [0.2, 0.25) is 0 Å². The lowest BCUT2D eigenvalue weighted by Crippen LogP contribution is -2.04. The molecule has 3 unspecified atom stereocenters. The van der Waals surface area contributed by atoms with Crippen molar-refractivity contribution in [2.75, 3.05) is 0 Å². The van der Waals surface area contributed by atoms with Crippen molar-refractivity contribution in [3.63, 3.8) is 0 Å². The molecule has 3 nitrogen and oxygen atoms in total. The smallest absolute Gasteiger partial charge is 0.105 e. The highest BCUT2D eigenvalue weighted by molar-refractivity contribution is 6.26. The molecule has 0 aliphatic heterocycles. The minimum atomic E-state index is -0.892. The van der Waals surface area contributed by atoms with Gasteiger partial charge in [0.05, 0.1) is 0 Å². The molecule has 3 heteroatoms. The molecular formula is C51H34O3. The molecule has 0 saturated heterocycles. The minimum Gasteiger partial charge on any atom is -0.384 e. The molecule has 0 bridgehead atoms. The molecule has 54 heavy (non-hydrogen) atoms. The van der Waals surface area contributed by atoms with Gasteiger partial charge >= 0.3 is 0 Å². The van der Waals surface area contributed by atoms with E-state index < -0.39 is 18.3 Å². The van der Waals surface area contributed by atoms with Crippen molar-refractivity contribution in [2.45, 2.75) is 18.3 Å². The van der Waals surface area contributed by atoms with Gasteiger partial charge < -0.3 is 15.3 Å². The van der Waals surface area contributed by atoms with E-state index in [1.807, 2.05) is 60.7 Å². The van der Waals surface area contributed by atoms with Crippen LogP contribution in [0.3, 0.4) is 0 Å². The van der Waals surface area contributed by atoms with Gasteiger partial charge in [0, 0.05) is 0 Å². The molecule has 0 saturated carbocycles. The topological polar surface area (TPSA) is 60.7 Å². The molecule has 11 aromatic rings. The van der Waals surface area contributed by atoms with Crippen LogP contribution in [0, 0.1) is 0 Å². The molecule has 0 aromatic heterocycles. The van der Waals surface area contributed by atoms with Crippen LogP contribution in [0.4, 0.5) is 0 Å². The second kappa shape index (κ2) is 11.8. The predicted molar refractivity (Wildman–Crippen MR) is 223 cm³/mol. The largest absolute Gasteiger partial charge is 0.384 e. The Bertz CT molecular complexity index is 3220. The summed E-state index contributed by atoms with van der Waals surface area (Å²) in [5.41, 5.74) is 5.12. The third kappa shape index (κ3) is 4.53. The maximum Gasteiger partial charge on any atom is 0.105 e. The van der Waals surface area contributed by atoms with Crippen molar-refractivity contribution in [3.05, 3.63) is 203 Å². The SMILES string of the molecule is OC(c1ccccc1)c1ccc2ccc3c(C(O)c4ccc5ccc6c(C(O)c7ccc8ccccc8c7)ccc7ccc4c5c76)ccc4ccc1c2c43. The molecule has 0 heterocycles. The quantitative estimate of drug-likeness (QED) is 0.152. The lowest BCUT2D eigenvalue weighted by atomic mass is 9.84. The molecular weight excluding hydrogens is 661 g/mol. The van der Waals surface area contributed by atoms with Crippen LogP contribution in [0.5, 0.6) is 0 Å². The summed E-state index contributed by atoms with van der Waals surface area (Å²) in [5, 5.41) is 50.8. The first kappa shape index (κ1) is 31.2. The summed E-state index contributed by atoms with van der Waals surface area (Å²) in [6.45, 7) is 0. The number of fused-ring (bicyclic) bond motifs is 1. The van der Waals surface area contributed by atoms with Crippen LogP contribution >= 0.6 is 0 Å². The summed E-state index contributed by atoms with van der Waals surface area (Å²) in [6, 6.07) is 57.8. The minimum absolute atomic E-state index is 0.757. The van der Waals surface area contributed by atoms with Crippen molar-refractivity contribution in [3.8, 4) is 0 Å². The van der Waals surface area contributed by atoms with Gasteiger partial charge in [-0.15, -0.1) is 0 Å². The Morgan fingerprint density at radius 3 is 1.07 bits per heavy atom. The molecule has 11 rings (SSSR count). The lowest BCUT2D eigenvalue weighted by molar-refractivity contribution is 0.221. The summed E-state index contributed by atoms with van der Waals surface area (Å²) in [5.74, 6) is 0. The predicted octanol–water partition coefficient (Wildman–Crippen LogP) is 11.9. The second-order valence-corrected chi connectivity index (χ2v) is 14.7. The van der Waals surface area contributed by atoms with E-state index in [1.54, 1.807) is 0 Å². The fourth-order valence-electron chi connectivity index (χ4n) is 9.19. The molecule has 11 aromatic carbocycles. The number of aliphatic hydroxyl groups excluding tert-OH is 3. The van der Waals surface area contributed by atoms with Crippen LogP contribution in [0.2, 0.25) is 0 Å². The standard InChI is InChI=1S/C51H34O3/c52-49(34-7-2-1-3-8-34)41-24-16-30-14-22-39-43(26-18-32-12-20-37(41)45(30)47(32)39)51(54)44-27-19-33-13-21-38-42(25-17-31-15-23-40(44)48(33)46(31)38)50(53)36-11-10-29-6-4-5-9-35(29)28-36/h1-28,49-54H. The fourth-order valence-corrected chi connectivity index (χ4v) is 9.19. The highest BCUT2D eigenvalue weighted by Gasteiger charge is 2.24.